The van der Waals surface area contributed by atoms with Crippen LogP contribution in [-0.2, 0) is 4.79 Å². The number of alkyl halides is 3. The molecule has 0 unspecified atom stereocenters. The summed E-state index contributed by atoms with van der Waals surface area (Å²) in [5, 5.41) is 8.95. The minimum absolute atomic E-state index is 0.161. The lowest BCUT2D eigenvalue weighted by Crippen LogP contribution is -2.56. The van der Waals surface area contributed by atoms with E-state index in [0.717, 1.165) is 28.5 Å². The Hall–Kier alpha value is -0.0200. The van der Waals surface area contributed by atoms with Gasteiger partial charge in [0.05, 0.1) is 0 Å². The van der Waals surface area contributed by atoms with Crippen LogP contribution in [0.2, 0.25) is 0 Å². The maximum absolute atomic E-state index is 12.4. The number of carbonyl (C=O) groups is 1. The highest BCUT2D eigenvalue weighted by atomic mass is 127. The first-order valence-electron chi connectivity index (χ1n) is 13.4. The molecule has 0 heterocycles. The van der Waals surface area contributed by atoms with Gasteiger partial charge in [0.25, 0.3) is 0 Å². The van der Waals surface area contributed by atoms with Crippen LogP contribution < -0.4 is 16.0 Å². The van der Waals surface area contributed by atoms with Crippen molar-refractivity contribution in [2.45, 2.75) is 120 Å². The second kappa shape index (κ2) is 20.9. The van der Waals surface area contributed by atoms with E-state index in [9.17, 15) is 4.79 Å². The average Bonchev–Trinajstić information content (AvgIpc) is 2.82. The number of rotatable bonds is 19. The van der Waals surface area contributed by atoms with E-state index < -0.39 is 9.96 Å². The third-order valence-electron chi connectivity index (χ3n) is 6.02. The van der Waals surface area contributed by atoms with Gasteiger partial charge in [0.15, 0.2) is 5.11 Å². The lowest BCUT2D eigenvalue weighted by Gasteiger charge is -2.27. The number of hydrogen-bond acceptors (Lipinski definition) is 2. The van der Waals surface area contributed by atoms with Gasteiger partial charge in [-0.2, -0.15) is 0 Å². The number of halogens is 4. The fourth-order valence-corrected chi connectivity index (χ4v) is 4.84. The van der Waals surface area contributed by atoms with Crippen molar-refractivity contribution in [1.82, 2.24) is 10.6 Å². The monoisotopic (exact) mass is 689 g/mol. The first-order valence-corrected chi connectivity index (χ1v) is 16.0. The zero-order chi connectivity index (χ0) is 26.7. The minimum atomic E-state index is -1.75. The fraction of sp³-hybridized carbons (Fsp3) is 0.704. The molecule has 3 N–H and O–H groups in total. The maximum Gasteiger partial charge on any atom is 0.228 e. The van der Waals surface area contributed by atoms with E-state index in [0.29, 0.717) is 6.42 Å². The molecular formula is C27H43Cl3IN3OS. The van der Waals surface area contributed by atoms with Crippen LogP contribution in [0.4, 0.5) is 5.69 Å². The van der Waals surface area contributed by atoms with Gasteiger partial charge in [-0.3, -0.25) is 4.79 Å². The van der Waals surface area contributed by atoms with Gasteiger partial charge >= 0.3 is 0 Å². The van der Waals surface area contributed by atoms with Crippen molar-refractivity contribution in [2.24, 2.45) is 0 Å². The molecule has 0 bridgehead atoms. The maximum atomic E-state index is 12.4. The molecule has 9 heteroatoms. The van der Waals surface area contributed by atoms with E-state index in [2.05, 4.69) is 45.5 Å². The normalized spacial score (nSPS) is 12.2. The number of benzene rings is 1. The van der Waals surface area contributed by atoms with E-state index in [1.807, 2.05) is 24.3 Å². The predicted octanol–water partition coefficient (Wildman–Crippen LogP) is 9.65. The highest BCUT2D eigenvalue weighted by Crippen LogP contribution is 2.29. The molecule has 1 atom stereocenters. The largest absolute Gasteiger partial charge is 0.339 e. The summed E-state index contributed by atoms with van der Waals surface area (Å²) in [7, 11) is 0. The van der Waals surface area contributed by atoms with E-state index >= 15 is 0 Å². The minimum Gasteiger partial charge on any atom is -0.339 e. The number of amides is 1. The Morgan fingerprint density at radius 2 is 1.25 bits per heavy atom. The Kier molecular flexibility index (Phi) is 19.7. The van der Waals surface area contributed by atoms with Gasteiger partial charge in [-0.15, -0.1) is 0 Å². The quantitative estimate of drug-likeness (QED) is 0.0445. The van der Waals surface area contributed by atoms with Gasteiger partial charge < -0.3 is 16.0 Å². The van der Waals surface area contributed by atoms with Crippen LogP contribution in [0.25, 0.3) is 0 Å². The third-order valence-corrected chi connectivity index (χ3v) is 7.61. The van der Waals surface area contributed by atoms with E-state index in [-0.39, 0.29) is 11.0 Å². The lowest BCUT2D eigenvalue weighted by atomic mass is 10.0. The smallest absolute Gasteiger partial charge is 0.228 e. The molecule has 0 fully saturated rings. The second-order valence-corrected chi connectivity index (χ2v) is 13.4. The number of unbranched alkanes of at least 4 members (excludes halogenated alkanes) is 14. The zero-order valence-corrected chi connectivity index (χ0v) is 26.8. The molecule has 0 radical (unpaired) electrons. The van der Waals surface area contributed by atoms with Crippen LogP contribution in [0, 0.1) is 3.57 Å². The summed E-state index contributed by atoms with van der Waals surface area (Å²) in [5.41, 5.74) is 0.806. The van der Waals surface area contributed by atoms with Crippen molar-refractivity contribution in [2.75, 3.05) is 5.32 Å². The highest BCUT2D eigenvalue weighted by Gasteiger charge is 2.34. The molecule has 0 aromatic heterocycles. The summed E-state index contributed by atoms with van der Waals surface area (Å²) in [6.07, 6.45) is 18.7. The molecule has 0 spiro atoms. The molecule has 0 aliphatic carbocycles. The van der Waals surface area contributed by atoms with Crippen LogP contribution in [0.3, 0.4) is 0 Å². The molecule has 36 heavy (non-hydrogen) atoms. The molecule has 4 nitrogen and oxygen atoms in total. The van der Waals surface area contributed by atoms with Crippen molar-refractivity contribution in [3.63, 3.8) is 0 Å². The third kappa shape index (κ3) is 18.3. The van der Waals surface area contributed by atoms with Crippen LogP contribution in [-0.4, -0.2) is 21.0 Å². The van der Waals surface area contributed by atoms with Crippen molar-refractivity contribution in [3.05, 3.63) is 27.8 Å². The summed E-state index contributed by atoms with van der Waals surface area (Å²) >= 11 is 25.8. The number of hydrogen-bond donors (Lipinski definition) is 3. The van der Waals surface area contributed by atoms with Gasteiger partial charge in [0, 0.05) is 15.7 Å². The van der Waals surface area contributed by atoms with E-state index in [1.54, 1.807) is 0 Å². The Balaban J connectivity index is 2.11. The fourth-order valence-electron chi connectivity index (χ4n) is 3.92. The van der Waals surface area contributed by atoms with Gasteiger partial charge in [-0.05, 0) is 65.5 Å². The second-order valence-electron chi connectivity index (χ2n) is 9.35. The van der Waals surface area contributed by atoms with Gasteiger partial charge in [0.1, 0.15) is 6.17 Å². The van der Waals surface area contributed by atoms with Gasteiger partial charge in [-0.1, -0.05) is 132 Å². The van der Waals surface area contributed by atoms with E-state index in [1.165, 1.54) is 77.0 Å². The van der Waals surface area contributed by atoms with Gasteiger partial charge in [0.2, 0.25) is 9.70 Å². The van der Waals surface area contributed by atoms with Crippen molar-refractivity contribution >= 4 is 86.3 Å². The summed E-state index contributed by atoms with van der Waals surface area (Å²) in [6.45, 7) is 2.27. The van der Waals surface area contributed by atoms with Crippen LogP contribution in [0.1, 0.15) is 110 Å². The highest BCUT2D eigenvalue weighted by molar-refractivity contribution is 14.1. The lowest BCUT2D eigenvalue weighted by molar-refractivity contribution is -0.122. The Morgan fingerprint density at radius 3 is 1.69 bits per heavy atom. The standard InChI is InChI=1S/C27H43Cl3IN3OS/c1-2-3-4-5-6-7-8-9-10-11-12-13-14-15-16-17-24(35)33-25(27(28,29)30)34-26(36)32-23-20-18-22(31)19-21-23/h18-21,25H,2-17H2,1H3,(H,33,35)(H2,32,34,36)/t25-/m0/s1. The van der Waals surface area contributed by atoms with Crippen LogP contribution >= 0.6 is 69.6 Å². The molecule has 0 saturated carbocycles. The molecule has 0 aliphatic rings. The SMILES string of the molecule is CCCCCCCCCCCCCCCCCC(=O)N[C@@H](NC(=S)Nc1ccc(I)cc1)C(Cl)(Cl)Cl. The van der Waals surface area contributed by atoms with Crippen molar-refractivity contribution in [3.8, 4) is 0 Å². The molecular weight excluding hydrogens is 648 g/mol. The molecule has 1 aromatic rings. The molecule has 1 rings (SSSR count). The predicted molar refractivity (Wildman–Crippen MR) is 170 cm³/mol. The van der Waals surface area contributed by atoms with Crippen molar-refractivity contribution in [1.29, 1.82) is 0 Å². The van der Waals surface area contributed by atoms with Gasteiger partial charge in [-0.25, -0.2) is 0 Å². The number of thiocarbonyl (C=S) groups is 1. The molecule has 0 aliphatic heterocycles. The van der Waals surface area contributed by atoms with Crippen LogP contribution in [0.15, 0.2) is 24.3 Å². The topological polar surface area (TPSA) is 53.2 Å². The first-order chi connectivity index (χ1) is 17.2. The number of nitrogens with one attached hydrogen (secondary N) is 3. The summed E-state index contributed by atoms with van der Waals surface area (Å²) in [4.78, 5) is 12.4. The summed E-state index contributed by atoms with van der Waals surface area (Å²) in [6, 6.07) is 7.71. The Bertz CT molecular complexity index is 732. The van der Waals surface area contributed by atoms with E-state index in [4.69, 9.17) is 47.0 Å². The van der Waals surface area contributed by atoms with Crippen molar-refractivity contribution < 1.29 is 4.79 Å². The van der Waals surface area contributed by atoms with Crippen LogP contribution in [0.5, 0.6) is 0 Å². The average molecular weight is 691 g/mol. The first kappa shape index (κ1) is 34.0. The Labute approximate surface area is 252 Å². The molecule has 0 saturated heterocycles. The molecule has 206 valence electrons. The molecule has 1 amide bonds. The summed E-state index contributed by atoms with van der Waals surface area (Å²) < 4.78 is -0.634. The summed E-state index contributed by atoms with van der Waals surface area (Å²) in [5.74, 6) is -0.161. The number of anilines is 1. The Morgan fingerprint density at radius 1 is 0.806 bits per heavy atom. The molecule has 1 aromatic carbocycles. The zero-order valence-electron chi connectivity index (χ0n) is 21.5. The number of carbonyl (C=O) groups excluding carboxylic acids is 1.